The lowest BCUT2D eigenvalue weighted by Crippen LogP contribution is -2.44. The van der Waals surface area contributed by atoms with E-state index in [4.69, 9.17) is 1.37 Å². The number of rotatable bonds is 1. The second-order valence-electron chi connectivity index (χ2n) is 4.42. The molecule has 1 saturated heterocycles. The molecule has 1 aromatic rings. The van der Waals surface area contributed by atoms with Crippen molar-refractivity contribution in [2.24, 2.45) is 5.89 Å². The molecule has 4 nitrogen and oxygen atoms in total. The van der Waals surface area contributed by atoms with E-state index in [-0.39, 0.29) is 24.8 Å². The van der Waals surface area contributed by atoms with Crippen molar-refractivity contribution in [2.75, 3.05) is 0 Å². The number of amides is 2. The number of nitrogens with one attached hydrogen (secondary N) is 2. The van der Waals surface area contributed by atoms with Crippen molar-refractivity contribution < 1.29 is 11.0 Å². The molecule has 4 heteroatoms. The molecule has 2 atom stereocenters. The van der Waals surface area contributed by atoms with Gasteiger partial charge in [0.05, 0.1) is 5.89 Å². The molecule has 0 radical (unpaired) electrons. The second kappa shape index (κ2) is 3.96. The van der Waals surface area contributed by atoms with Gasteiger partial charge in [-0.15, -0.1) is 0 Å². The molecule has 88 valence electrons. The highest BCUT2D eigenvalue weighted by Gasteiger charge is 2.36. The van der Waals surface area contributed by atoms with Crippen LogP contribution in [0.5, 0.6) is 0 Å². The van der Waals surface area contributed by atoms with E-state index in [1.807, 2.05) is 24.3 Å². The van der Waals surface area contributed by atoms with Gasteiger partial charge in [-0.25, -0.2) is 0 Å². The molecule has 2 N–H and O–H groups in total. The molecule has 17 heavy (non-hydrogen) atoms. The van der Waals surface area contributed by atoms with E-state index >= 15 is 0 Å². The third kappa shape index (κ3) is 1.74. The van der Waals surface area contributed by atoms with Gasteiger partial charge in [0.25, 0.3) is 0 Å². The van der Waals surface area contributed by atoms with Crippen molar-refractivity contribution >= 4 is 11.8 Å². The number of benzene rings is 1. The van der Waals surface area contributed by atoms with E-state index in [9.17, 15) is 9.59 Å². The van der Waals surface area contributed by atoms with E-state index in [1.54, 1.807) is 0 Å². The SMILES string of the molecule is [2H]C1(C2NCc3ccccc32)CCC(=O)NC1=O. The maximum absolute atomic E-state index is 12.0. The van der Waals surface area contributed by atoms with Gasteiger partial charge in [-0.3, -0.25) is 14.9 Å². The summed E-state index contributed by atoms with van der Waals surface area (Å²) in [6, 6.07) is 7.47. The van der Waals surface area contributed by atoms with Gasteiger partial charge >= 0.3 is 0 Å². The number of hydrogen-bond acceptors (Lipinski definition) is 3. The lowest BCUT2D eigenvalue weighted by molar-refractivity contribution is -0.137. The molecule has 0 aliphatic carbocycles. The topological polar surface area (TPSA) is 58.2 Å². The van der Waals surface area contributed by atoms with Crippen molar-refractivity contribution in [3.63, 3.8) is 0 Å². The van der Waals surface area contributed by atoms with Gasteiger partial charge in [0.1, 0.15) is 0 Å². The van der Waals surface area contributed by atoms with Crippen LogP contribution in [0.1, 0.15) is 31.4 Å². The zero-order valence-corrected chi connectivity index (χ0v) is 9.32. The Morgan fingerprint density at radius 3 is 2.94 bits per heavy atom. The van der Waals surface area contributed by atoms with Crippen LogP contribution in [-0.4, -0.2) is 11.8 Å². The van der Waals surface area contributed by atoms with E-state index in [1.165, 1.54) is 0 Å². The monoisotopic (exact) mass is 231 g/mol. The summed E-state index contributed by atoms with van der Waals surface area (Å²) in [4.78, 5) is 23.1. The molecule has 1 aromatic carbocycles. The molecule has 2 aliphatic rings. The van der Waals surface area contributed by atoms with E-state index < -0.39 is 11.8 Å². The third-order valence-electron chi connectivity index (χ3n) is 3.38. The highest BCUT2D eigenvalue weighted by molar-refractivity contribution is 5.99. The van der Waals surface area contributed by atoms with Crippen LogP contribution in [-0.2, 0) is 16.1 Å². The molecule has 1 fully saturated rings. The van der Waals surface area contributed by atoms with Crippen LogP contribution in [0.15, 0.2) is 24.3 Å². The normalized spacial score (nSPS) is 32.9. The van der Waals surface area contributed by atoms with Crippen LogP contribution in [0.25, 0.3) is 0 Å². The van der Waals surface area contributed by atoms with Gasteiger partial charge in [-0.2, -0.15) is 0 Å². The lowest BCUT2D eigenvalue weighted by Gasteiger charge is -2.26. The van der Waals surface area contributed by atoms with Gasteiger partial charge < -0.3 is 5.32 Å². The summed E-state index contributed by atoms with van der Waals surface area (Å²) in [5.41, 5.74) is 2.12. The predicted molar refractivity (Wildman–Crippen MR) is 61.9 cm³/mol. The number of piperidine rings is 1. The van der Waals surface area contributed by atoms with Crippen LogP contribution < -0.4 is 10.6 Å². The first-order chi connectivity index (χ1) is 8.61. The number of hydrogen-bond donors (Lipinski definition) is 2. The van der Waals surface area contributed by atoms with Crippen LogP contribution in [0.2, 0.25) is 0 Å². The van der Waals surface area contributed by atoms with Crippen LogP contribution in [0, 0.1) is 5.89 Å². The van der Waals surface area contributed by atoms with Crippen molar-refractivity contribution in [1.29, 1.82) is 0 Å². The Bertz CT molecular complexity index is 531. The Morgan fingerprint density at radius 2 is 2.12 bits per heavy atom. The first-order valence-corrected chi connectivity index (χ1v) is 5.77. The fourth-order valence-electron chi connectivity index (χ4n) is 2.52. The molecule has 2 amide bonds. The Labute approximate surface area is 101 Å². The fourth-order valence-corrected chi connectivity index (χ4v) is 2.52. The highest BCUT2D eigenvalue weighted by atomic mass is 16.2. The average Bonchev–Trinajstić information content (AvgIpc) is 2.79. The molecular formula is C13H14N2O2. The maximum Gasteiger partial charge on any atom is 0.231 e. The quantitative estimate of drug-likeness (QED) is 0.705. The largest absolute Gasteiger partial charge is 0.305 e. The van der Waals surface area contributed by atoms with Gasteiger partial charge in [0.2, 0.25) is 11.8 Å². The fraction of sp³-hybridized carbons (Fsp3) is 0.385. The van der Waals surface area contributed by atoms with Crippen LogP contribution in [0.3, 0.4) is 0 Å². The first kappa shape index (κ1) is 9.36. The van der Waals surface area contributed by atoms with Crippen LogP contribution in [0.4, 0.5) is 0 Å². The zero-order valence-electron chi connectivity index (χ0n) is 10.3. The zero-order chi connectivity index (χ0) is 12.8. The number of fused-ring (bicyclic) bond motifs is 1. The van der Waals surface area contributed by atoms with Crippen molar-refractivity contribution in [2.45, 2.75) is 25.4 Å². The standard InChI is InChI=1S/C13H14N2O2/c16-11-6-5-10(13(17)15-11)12-9-4-2-1-3-8(9)7-14-12/h1-4,10,12,14H,5-7H2,(H,15,16,17)/i10D. The molecule has 2 unspecified atom stereocenters. The van der Waals surface area contributed by atoms with Crippen molar-refractivity contribution in [3.8, 4) is 0 Å². The summed E-state index contributed by atoms with van der Waals surface area (Å²) in [7, 11) is 0. The molecule has 0 saturated carbocycles. The van der Waals surface area contributed by atoms with Crippen molar-refractivity contribution in [1.82, 2.24) is 10.6 Å². The van der Waals surface area contributed by atoms with E-state index in [0.29, 0.717) is 6.54 Å². The molecule has 2 aliphatic heterocycles. The number of carbonyl (C=O) groups is 2. The summed E-state index contributed by atoms with van der Waals surface area (Å²) in [6.07, 6.45) is 0.499. The van der Waals surface area contributed by atoms with Gasteiger partial charge in [0, 0.05) is 20.4 Å². The van der Waals surface area contributed by atoms with Crippen LogP contribution >= 0.6 is 0 Å². The Balaban J connectivity index is 1.96. The summed E-state index contributed by atoms with van der Waals surface area (Å²) < 4.78 is 8.42. The Hall–Kier alpha value is -1.68. The highest BCUT2D eigenvalue weighted by Crippen LogP contribution is 2.34. The van der Waals surface area contributed by atoms with E-state index in [2.05, 4.69) is 10.6 Å². The van der Waals surface area contributed by atoms with Gasteiger partial charge in [-0.05, 0) is 17.5 Å². The Kier molecular flexibility index (Phi) is 2.18. The first-order valence-electron chi connectivity index (χ1n) is 6.27. The maximum atomic E-state index is 12.0. The number of imide groups is 1. The third-order valence-corrected chi connectivity index (χ3v) is 3.38. The molecule has 0 bridgehead atoms. The lowest BCUT2D eigenvalue weighted by atomic mass is 9.87. The van der Waals surface area contributed by atoms with Gasteiger partial charge in [0.15, 0.2) is 0 Å². The van der Waals surface area contributed by atoms with E-state index in [0.717, 1.165) is 11.1 Å². The molecule has 0 aromatic heterocycles. The minimum Gasteiger partial charge on any atom is -0.305 e. The second-order valence-corrected chi connectivity index (χ2v) is 4.42. The minimum absolute atomic E-state index is 0.232. The molecular weight excluding hydrogens is 216 g/mol. The molecule has 3 rings (SSSR count). The molecule has 2 heterocycles. The van der Waals surface area contributed by atoms with Crippen molar-refractivity contribution in [3.05, 3.63) is 35.4 Å². The summed E-state index contributed by atoms with van der Waals surface area (Å²) in [5.74, 6) is -2.07. The minimum atomic E-state index is -1.29. The number of carbonyl (C=O) groups excluding carboxylic acids is 2. The summed E-state index contributed by atoms with van der Waals surface area (Å²) in [5, 5.41) is 5.49. The predicted octanol–water partition coefficient (Wildman–Crippen LogP) is 0.884. The van der Waals surface area contributed by atoms with Gasteiger partial charge in [-0.1, -0.05) is 24.3 Å². The smallest absolute Gasteiger partial charge is 0.231 e. The molecule has 0 spiro atoms. The Morgan fingerprint density at radius 1 is 1.29 bits per heavy atom. The summed E-state index contributed by atoms with van der Waals surface area (Å²) >= 11 is 0. The average molecular weight is 231 g/mol. The summed E-state index contributed by atoms with van der Waals surface area (Å²) in [6.45, 7) is 0.669.